The Hall–Kier alpha value is -1.67. The van der Waals surface area contributed by atoms with Crippen LogP contribution in [0.2, 0.25) is 0 Å². The minimum absolute atomic E-state index is 0.00717. The molecule has 3 rings (SSSR count). The summed E-state index contributed by atoms with van der Waals surface area (Å²) in [6.07, 6.45) is 6.31. The summed E-state index contributed by atoms with van der Waals surface area (Å²) in [6.45, 7) is 4.18. The third-order valence-corrected chi connectivity index (χ3v) is 5.87. The zero-order chi connectivity index (χ0) is 18.2. The van der Waals surface area contributed by atoms with E-state index in [0.717, 1.165) is 61.1 Å². The maximum absolute atomic E-state index is 11.2. The van der Waals surface area contributed by atoms with E-state index < -0.39 is 10.0 Å². The van der Waals surface area contributed by atoms with Gasteiger partial charge in [-0.3, -0.25) is 0 Å². The lowest BCUT2D eigenvalue weighted by molar-refractivity contribution is 0.492. The summed E-state index contributed by atoms with van der Waals surface area (Å²) in [6, 6.07) is 0.134. The van der Waals surface area contributed by atoms with Gasteiger partial charge in [-0.05, 0) is 51.0 Å². The van der Waals surface area contributed by atoms with Crippen LogP contribution in [0.15, 0.2) is 0 Å². The Kier molecular flexibility index (Phi) is 5.02. The highest BCUT2D eigenvalue weighted by Gasteiger charge is 2.24. The van der Waals surface area contributed by atoms with Crippen molar-refractivity contribution in [3.05, 3.63) is 17.1 Å². The van der Waals surface area contributed by atoms with Crippen LogP contribution in [0.1, 0.15) is 62.7 Å². The summed E-state index contributed by atoms with van der Waals surface area (Å²) in [5.74, 6) is 1.49. The van der Waals surface area contributed by atoms with Crippen LogP contribution in [0.4, 0.5) is 5.82 Å². The number of pyridine rings is 1. The molecule has 0 saturated carbocycles. The van der Waals surface area contributed by atoms with E-state index in [1.165, 1.54) is 5.56 Å². The molecule has 4 N–H and O–H groups in total. The molecular formula is C17H27N5O2S. The molecule has 1 unspecified atom stereocenters. The molecule has 2 heterocycles. The Morgan fingerprint density at radius 2 is 1.96 bits per heavy atom. The summed E-state index contributed by atoms with van der Waals surface area (Å²) in [4.78, 5) is 9.34. The van der Waals surface area contributed by atoms with E-state index in [1.807, 2.05) is 0 Å². The molecule has 0 fully saturated rings. The van der Waals surface area contributed by atoms with E-state index in [2.05, 4.69) is 23.4 Å². The lowest BCUT2D eigenvalue weighted by Crippen LogP contribution is -2.18. The molecule has 0 spiro atoms. The lowest BCUT2D eigenvalue weighted by atomic mass is 9.94. The number of nitrogens with zero attached hydrogens (tertiary/aromatic N) is 3. The molecule has 0 radical (unpaired) electrons. The number of nitrogens with two attached hydrogens (primary N) is 2. The van der Waals surface area contributed by atoms with E-state index in [9.17, 15) is 8.42 Å². The van der Waals surface area contributed by atoms with Crippen LogP contribution < -0.4 is 10.9 Å². The van der Waals surface area contributed by atoms with Crippen molar-refractivity contribution in [1.82, 2.24) is 14.5 Å². The summed E-state index contributed by atoms with van der Waals surface area (Å²) < 4.78 is 24.7. The number of imidazole rings is 1. The van der Waals surface area contributed by atoms with Gasteiger partial charge in [0.15, 0.2) is 5.82 Å². The van der Waals surface area contributed by atoms with Gasteiger partial charge in [0.05, 0.1) is 11.3 Å². The molecular weight excluding hydrogens is 338 g/mol. The van der Waals surface area contributed by atoms with Gasteiger partial charge in [-0.1, -0.05) is 6.92 Å². The zero-order valence-electron chi connectivity index (χ0n) is 15.0. The van der Waals surface area contributed by atoms with Gasteiger partial charge in [0.1, 0.15) is 11.3 Å². The fraction of sp³-hybridized carbons (Fsp3) is 0.647. The predicted molar refractivity (Wildman–Crippen MR) is 99.9 cm³/mol. The second-order valence-corrected chi connectivity index (χ2v) is 8.67. The highest BCUT2D eigenvalue weighted by molar-refractivity contribution is 7.89. The molecule has 0 aliphatic heterocycles. The van der Waals surface area contributed by atoms with Gasteiger partial charge in [-0.15, -0.1) is 0 Å². The second-order valence-electron chi connectivity index (χ2n) is 6.94. The number of anilines is 1. The molecule has 1 atom stereocenters. The molecule has 0 bridgehead atoms. The van der Waals surface area contributed by atoms with Crippen LogP contribution in [0.5, 0.6) is 0 Å². The maximum Gasteiger partial charge on any atom is 0.209 e. The molecule has 7 nitrogen and oxygen atoms in total. The molecule has 2 aromatic heterocycles. The number of hydrogen-bond acceptors (Lipinski definition) is 5. The van der Waals surface area contributed by atoms with Gasteiger partial charge in [0.25, 0.3) is 0 Å². The number of rotatable bonds is 6. The van der Waals surface area contributed by atoms with Crippen molar-refractivity contribution >= 4 is 26.9 Å². The maximum atomic E-state index is 11.2. The number of fused-ring (bicyclic) bond motifs is 3. The third kappa shape index (κ3) is 3.64. The highest BCUT2D eigenvalue weighted by atomic mass is 32.2. The monoisotopic (exact) mass is 365 g/mol. The van der Waals surface area contributed by atoms with E-state index in [4.69, 9.17) is 15.9 Å². The quantitative estimate of drug-likeness (QED) is 0.813. The van der Waals surface area contributed by atoms with Crippen LogP contribution in [0.3, 0.4) is 0 Å². The van der Waals surface area contributed by atoms with Crippen molar-refractivity contribution in [2.75, 3.05) is 11.5 Å². The number of aryl methyl sites for hydroxylation is 3. The average molecular weight is 366 g/mol. The van der Waals surface area contributed by atoms with Crippen molar-refractivity contribution < 1.29 is 8.42 Å². The fourth-order valence-corrected chi connectivity index (χ4v) is 4.41. The first-order valence-electron chi connectivity index (χ1n) is 9.00. The molecule has 0 aromatic carbocycles. The average Bonchev–Trinajstić information content (AvgIpc) is 2.94. The number of primary sulfonamides is 1. The number of aromatic nitrogens is 3. The van der Waals surface area contributed by atoms with Gasteiger partial charge >= 0.3 is 0 Å². The number of hydrogen-bond donors (Lipinski definition) is 2. The standard InChI is InChI=1S/C17H27N5O2S/c1-3-14-21-15-16(12-8-4-5-9-13(12)20-17(15)18)22(14)11(2)7-6-10-25(19,23)24/h11H,3-10H2,1-2H3,(H2,18,20)(H2,19,23,24). The van der Waals surface area contributed by atoms with E-state index in [1.54, 1.807) is 0 Å². The summed E-state index contributed by atoms with van der Waals surface area (Å²) in [5, 5.41) is 5.13. The number of nitrogen functional groups attached to an aromatic ring is 1. The van der Waals surface area contributed by atoms with Gasteiger partial charge in [-0.2, -0.15) is 0 Å². The minimum Gasteiger partial charge on any atom is -0.382 e. The van der Waals surface area contributed by atoms with Crippen molar-refractivity contribution in [3.8, 4) is 0 Å². The van der Waals surface area contributed by atoms with Crippen molar-refractivity contribution in [2.45, 2.75) is 64.8 Å². The van der Waals surface area contributed by atoms with Crippen LogP contribution in [-0.2, 0) is 29.3 Å². The van der Waals surface area contributed by atoms with Crippen LogP contribution in [-0.4, -0.2) is 28.7 Å². The van der Waals surface area contributed by atoms with Gasteiger partial charge in [0, 0.05) is 18.2 Å². The van der Waals surface area contributed by atoms with Crippen LogP contribution in [0.25, 0.3) is 11.0 Å². The normalized spacial score (nSPS) is 16.1. The summed E-state index contributed by atoms with van der Waals surface area (Å²) in [5.41, 5.74) is 10.4. The smallest absolute Gasteiger partial charge is 0.209 e. The number of sulfonamides is 1. The molecule has 2 aromatic rings. The minimum atomic E-state index is -3.42. The summed E-state index contributed by atoms with van der Waals surface area (Å²) in [7, 11) is -3.42. The van der Waals surface area contributed by atoms with Crippen molar-refractivity contribution in [1.29, 1.82) is 0 Å². The molecule has 0 saturated heterocycles. The first kappa shape index (κ1) is 18.1. The SMILES string of the molecule is CCc1nc2c(N)nc3c(c2n1C(C)CCCS(N)(=O)=O)CCCC3. The molecule has 1 aliphatic carbocycles. The van der Waals surface area contributed by atoms with E-state index in [0.29, 0.717) is 12.2 Å². The highest BCUT2D eigenvalue weighted by Crippen LogP contribution is 2.34. The molecule has 25 heavy (non-hydrogen) atoms. The van der Waals surface area contributed by atoms with Crippen LogP contribution in [0, 0.1) is 0 Å². The van der Waals surface area contributed by atoms with Crippen molar-refractivity contribution in [3.63, 3.8) is 0 Å². The Balaban J connectivity index is 2.05. The Morgan fingerprint density at radius 3 is 2.64 bits per heavy atom. The molecule has 0 amide bonds. The largest absolute Gasteiger partial charge is 0.382 e. The van der Waals surface area contributed by atoms with Crippen LogP contribution >= 0.6 is 0 Å². The second kappa shape index (κ2) is 6.92. The Morgan fingerprint density at radius 1 is 1.24 bits per heavy atom. The van der Waals surface area contributed by atoms with E-state index in [-0.39, 0.29) is 11.8 Å². The molecule has 1 aliphatic rings. The first-order chi connectivity index (χ1) is 11.8. The first-order valence-corrected chi connectivity index (χ1v) is 10.7. The topological polar surface area (TPSA) is 117 Å². The van der Waals surface area contributed by atoms with Crippen molar-refractivity contribution in [2.24, 2.45) is 5.14 Å². The molecule has 8 heteroatoms. The fourth-order valence-electron chi connectivity index (χ4n) is 3.85. The van der Waals surface area contributed by atoms with Gasteiger partial charge in [-0.25, -0.2) is 23.5 Å². The van der Waals surface area contributed by atoms with E-state index >= 15 is 0 Å². The predicted octanol–water partition coefficient (Wildman–Crippen LogP) is 2.08. The van der Waals surface area contributed by atoms with Gasteiger partial charge < -0.3 is 10.3 Å². The summed E-state index contributed by atoms with van der Waals surface area (Å²) >= 11 is 0. The lowest BCUT2D eigenvalue weighted by Gasteiger charge is -2.22. The Bertz CT molecular complexity index is 888. The third-order valence-electron chi connectivity index (χ3n) is 5.01. The van der Waals surface area contributed by atoms with Gasteiger partial charge in [0.2, 0.25) is 10.0 Å². The Labute approximate surface area is 148 Å². The zero-order valence-corrected chi connectivity index (χ0v) is 15.8. The molecule has 138 valence electrons.